The molecule has 2 rings (SSSR count). The van der Waals surface area contributed by atoms with E-state index < -0.39 is 24.0 Å². The Kier molecular flexibility index (Phi) is 5.84. The third-order valence-corrected chi connectivity index (χ3v) is 3.55. The Labute approximate surface area is 140 Å². The van der Waals surface area contributed by atoms with Crippen molar-refractivity contribution in [2.24, 2.45) is 0 Å². The molecule has 2 unspecified atom stereocenters. The van der Waals surface area contributed by atoms with Crippen LogP contribution in [0, 0.1) is 0 Å². The van der Waals surface area contributed by atoms with Gasteiger partial charge in [0.05, 0.1) is 0 Å². The van der Waals surface area contributed by atoms with E-state index in [1.165, 1.54) is 13.8 Å². The lowest BCUT2D eigenvalue weighted by atomic mass is 10.1. The topological polar surface area (TPSA) is 72.5 Å². The first-order chi connectivity index (χ1) is 11.5. The normalized spacial score (nSPS) is 12.8. The van der Waals surface area contributed by atoms with Crippen LogP contribution in [0.25, 0.3) is 0 Å². The molecule has 0 saturated carbocycles. The molecule has 0 aliphatic heterocycles. The number of ketones is 1. The smallest absolute Gasteiger partial charge is 0.334 e. The second-order valence-electron chi connectivity index (χ2n) is 5.37. The maximum atomic E-state index is 12.4. The van der Waals surface area contributed by atoms with Crippen molar-refractivity contribution in [2.45, 2.75) is 26.0 Å². The van der Waals surface area contributed by atoms with Crippen LogP contribution in [0.15, 0.2) is 60.7 Å². The molecule has 0 aliphatic carbocycles. The summed E-state index contributed by atoms with van der Waals surface area (Å²) in [6.45, 7) is 2.85. The molecular weight excluding hydrogens is 306 g/mol. The van der Waals surface area contributed by atoms with E-state index >= 15 is 0 Å². The van der Waals surface area contributed by atoms with Crippen molar-refractivity contribution in [3.63, 3.8) is 0 Å². The molecule has 2 aromatic rings. The number of benzene rings is 2. The highest BCUT2D eigenvalue weighted by atomic mass is 16.5. The highest BCUT2D eigenvalue weighted by Gasteiger charge is 2.27. The maximum absolute atomic E-state index is 12.4. The number of hydrogen-bond acceptors (Lipinski definition) is 4. The van der Waals surface area contributed by atoms with Crippen LogP contribution in [-0.2, 0) is 14.3 Å². The third-order valence-electron chi connectivity index (χ3n) is 3.55. The summed E-state index contributed by atoms with van der Waals surface area (Å²) in [5.74, 6) is -1.32. The molecule has 2 aromatic carbocycles. The number of hydrogen-bond donors (Lipinski definition) is 1. The molecule has 24 heavy (non-hydrogen) atoms. The molecule has 5 nitrogen and oxygen atoms in total. The van der Waals surface area contributed by atoms with E-state index in [1.807, 2.05) is 6.07 Å². The Morgan fingerprint density at radius 2 is 1.46 bits per heavy atom. The van der Waals surface area contributed by atoms with Gasteiger partial charge in [0.25, 0.3) is 5.91 Å². The average molecular weight is 325 g/mol. The van der Waals surface area contributed by atoms with E-state index in [2.05, 4.69) is 5.32 Å². The van der Waals surface area contributed by atoms with Gasteiger partial charge in [0.2, 0.25) is 0 Å². The number of carbonyl (C=O) groups is 3. The Bertz CT molecular complexity index is 713. The largest absolute Gasteiger partial charge is 0.453 e. The Morgan fingerprint density at radius 1 is 0.917 bits per heavy atom. The fourth-order valence-corrected chi connectivity index (χ4v) is 2.05. The van der Waals surface area contributed by atoms with Crippen molar-refractivity contribution in [3.8, 4) is 0 Å². The van der Waals surface area contributed by atoms with Crippen molar-refractivity contribution >= 4 is 17.7 Å². The lowest BCUT2D eigenvalue weighted by Gasteiger charge is -2.20. The van der Waals surface area contributed by atoms with E-state index in [0.29, 0.717) is 11.1 Å². The second kappa shape index (κ2) is 8.06. The van der Waals surface area contributed by atoms with Crippen molar-refractivity contribution in [3.05, 3.63) is 71.8 Å². The molecule has 1 amide bonds. The molecule has 0 spiro atoms. The molecule has 0 aromatic heterocycles. The summed E-state index contributed by atoms with van der Waals surface area (Å²) >= 11 is 0. The monoisotopic (exact) mass is 325 g/mol. The zero-order valence-electron chi connectivity index (χ0n) is 13.6. The number of nitrogens with one attached hydrogen (secondary N) is 1. The van der Waals surface area contributed by atoms with Crippen LogP contribution in [0.1, 0.15) is 35.8 Å². The Balaban J connectivity index is 2.22. The molecule has 0 saturated heterocycles. The van der Waals surface area contributed by atoms with Gasteiger partial charge in [-0.15, -0.1) is 0 Å². The fraction of sp³-hybridized carbons (Fsp3) is 0.211. The van der Waals surface area contributed by atoms with Gasteiger partial charge >= 0.3 is 5.97 Å². The van der Waals surface area contributed by atoms with Crippen LogP contribution < -0.4 is 5.32 Å². The summed E-state index contributed by atoms with van der Waals surface area (Å²) in [4.78, 5) is 36.1. The molecule has 0 heterocycles. The van der Waals surface area contributed by atoms with Gasteiger partial charge in [-0.2, -0.15) is 0 Å². The number of Topliss-reactive ketones (excluding diaryl/α,β-unsaturated/α-hetero) is 1. The highest BCUT2D eigenvalue weighted by molar-refractivity contribution is 5.97. The lowest BCUT2D eigenvalue weighted by molar-refractivity contribution is -0.155. The molecule has 5 heteroatoms. The highest BCUT2D eigenvalue weighted by Crippen LogP contribution is 2.16. The van der Waals surface area contributed by atoms with E-state index in [-0.39, 0.29) is 5.78 Å². The molecular formula is C19H19NO4. The molecule has 0 radical (unpaired) electrons. The molecule has 0 fully saturated rings. The van der Waals surface area contributed by atoms with Crippen molar-refractivity contribution < 1.29 is 19.1 Å². The van der Waals surface area contributed by atoms with E-state index in [4.69, 9.17) is 4.74 Å². The Hall–Kier alpha value is -2.95. The summed E-state index contributed by atoms with van der Waals surface area (Å²) < 4.78 is 5.16. The van der Waals surface area contributed by atoms with Crippen molar-refractivity contribution in [1.29, 1.82) is 0 Å². The predicted octanol–water partition coefficient (Wildman–Crippen LogP) is 2.68. The minimum atomic E-state index is -0.985. The van der Waals surface area contributed by atoms with Crippen LogP contribution in [-0.4, -0.2) is 23.8 Å². The van der Waals surface area contributed by atoms with Gasteiger partial charge in [-0.05, 0) is 31.5 Å². The molecule has 1 N–H and O–H groups in total. The second-order valence-corrected chi connectivity index (χ2v) is 5.37. The fourth-order valence-electron chi connectivity index (χ4n) is 2.05. The van der Waals surface area contributed by atoms with Crippen LogP contribution >= 0.6 is 0 Å². The van der Waals surface area contributed by atoms with Gasteiger partial charge < -0.3 is 10.1 Å². The van der Waals surface area contributed by atoms with E-state index in [1.54, 1.807) is 54.6 Å². The Morgan fingerprint density at radius 3 is 2.00 bits per heavy atom. The van der Waals surface area contributed by atoms with Gasteiger partial charge in [0.15, 0.2) is 17.9 Å². The average Bonchev–Trinajstić information content (AvgIpc) is 2.60. The first-order valence-electron chi connectivity index (χ1n) is 7.61. The van der Waals surface area contributed by atoms with E-state index in [9.17, 15) is 14.4 Å². The van der Waals surface area contributed by atoms with Gasteiger partial charge in [0.1, 0.15) is 0 Å². The van der Waals surface area contributed by atoms with Crippen molar-refractivity contribution in [2.75, 3.05) is 0 Å². The van der Waals surface area contributed by atoms with Crippen LogP contribution in [0.5, 0.6) is 0 Å². The van der Waals surface area contributed by atoms with Gasteiger partial charge in [-0.25, -0.2) is 4.79 Å². The number of carbonyl (C=O) groups excluding carboxylic acids is 3. The van der Waals surface area contributed by atoms with Gasteiger partial charge in [0, 0.05) is 5.56 Å². The number of ether oxygens (including phenoxy) is 1. The molecule has 124 valence electrons. The first-order valence-corrected chi connectivity index (χ1v) is 7.61. The molecule has 2 atom stereocenters. The zero-order chi connectivity index (χ0) is 17.5. The minimum Gasteiger partial charge on any atom is -0.453 e. The minimum absolute atomic E-state index is 0.260. The third kappa shape index (κ3) is 4.52. The quantitative estimate of drug-likeness (QED) is 0.829. The summed E-state index contributed by atoms with van der Waals surface area (Å²) in [5, 5.41) is 2.67. The summed E-state index contributed by atoms with van der Waals surface area (Å²) in [5.41, 5.74) is 1.02. The number of esters is 1. The predicted molar refractivity (Wildman–Crippen MR) is 89.3 cm³/mol. The lowest BCUT2D eigenvalue weighted by Crippen LogP contribution is -2.37. The first kappa shape index (κ1) is 17.4. The van der Waals surface area contributed by atoms with E-state index in [0.717, 1.165) is 0 Å². The maximum Gasteiger partial charge on any atom is 0.334 e. The summed E-state index contributed by atoms with van der Waals surface area (Å²) in [7, 11) is 0. The van der Waals surface area contributed by atoms with Crippen molar-refractivity contribution in [1.82, 2.24) is 5.32 Å². The van der Waals surface area contributed by atoms with Crippen LogP contribution in [0.3, 0.4) is 0 Å². The van der Waals surface area contributed by atoms with Crippen LogP contribution in [0.2, 0.25) is 0 Å². The zero-order valence-corrected chi connectivity index (χ0v) is 13.6. The number of amides is 1. The van der Waals surface area contributed by atoms with Crippen LogP contribution in [0.4, 0.5) is 0 Å². The molecule has 0 aliphatic rings. The SMILES string of the molecule is CC(=O)C(C)OC(=O)C(NC(=O)c1ccccc1)c1ccccc1. The van der Waals surface area contributed by atoms with Gasteiger partial charge in [-0.1, -0.05) is 48.5 Å². The standard InChI is InChI=1S/C19H19NO4/c1-13(21)14(2)24-19(23)17(15-9-5-3-6-10-15)20-18(22)16-11-7-4-8-12-16/h3-12,14,17H,1-2H3,(H,20,22). The number of rotatable bonds is 6. The summed E-state index contributed by atoms with van der Waals surface area (Å²) in [6.07, 6.45) is -0.864. The van der Waals surface area contributed by atoms with Gasteiger partial charge in [-0.3, -0.25) is 9.59 Å². The summed E-state index contributed by atoms with van der Waals surface area (Å²) in [6, 6.07) is 16.4. The molecule has 0 bridgehead atoms.